The Morgan fingerprint density at radius 1 is 1.24 bits per heavy atom. The smallest absolute Gasteiger partial charge is 0.315 e. The van der Waals surface area contributed by atoms with E-state index in [1.807, 2.05) is 18.3 Å². The monoisotopic (exact) mass is 347 g/mol. The number of nitrogens with zero attached hydrogens (tertiary/aromatic N) is 3. The molecule has 2 aliphatic rings. The van der Waals surface area contributed by atoms with Crippen LogP contribution < -0.4 is 15.5 Å². The summed E-state index contributed by atoms with van der Waals surface area (Å²) in [6.45, 7) is 6.11. The molecular formula is C18H29N5O2. The fourth-order valence-corrected chi connectivity index (χ4v) is 3.24. The van der Waals surface area contributed by atoms with E-state index in [4.69, 9.17) is 4.74 Å². The molecule has 0 bridgehead atoms. The molecule has 2 N–H and O–H groups in total. The predicted octanol–water partition coefficient (Wildman–Crippen LogP) is 1.20. The number of likely N-dealkylation sites (N-methyl/N-ethyl adjacent to an activating group) is 1. The Kier molecular flexibility index (Phi) is 6.47. The Hall–Kier alpha value is -1.86. The Balaban J connectivity index is 1.41. The third-order valence-electron chi connectivity index (χ3n) is 4.82. The molecule has 0 radical (unpaired) electrons. The van der Waals surface area contributed by atoms with Crippen molar-refractivity contribution in [2.75, 3.05) is 51.3 Å². The highest BCUT2D eigenvalue weighted by Gasteiger charge is 2.16. The van der Waals surface area contributed by atoms with Crippen molar-refractivity contribution in [3.05, 3.63) is 23.9 Å². The highest BCUT2D eigenvalue weighted by atomic mass is 16.5. The number of urea groups is 1. The molecule has 1 aromatic heterocycles. The van der Waals surface area contributed by atoms with Gasteiger partial charge in [0.25, 0.3) is 0 Å². The van der Waals surface area contributed by atoms with Crippen molar-refractivity contribution in [2.45, 2.75) is 31.9 Å². The number of rotatable bonds is 5. The van der Waals surface area contributed by atoms with Gasteiger partial charge in [-0.05, 0) is 44.5 Å². The van der Waals surface area contributed by atoms with Crippen molar-refractivity contribution < 1.29 is 9.53 Å². The van der Waals surface area contributed by atoms with Crippen LogP contribution in [0.2, 0.25) is 0 Å². The van der Waals surface area contributed by atoms with Gasteiger partial charge >= 0.3 is 6.03 Å². The number of aromatic nitrogens is 1. The second kappa shape index (κ2) is 9.01. The lowest BCUT2D eigenvalue weighted by atomic mass is 10.2. The Bertz CT molecular complexity index is 545. The van der Waals surface area contributed by atoms with E-state index in [0.717, 1.165) is 63.4 Å². The Morgan fingerprint density at radius 3 is 2.92 bits per heavy atom. The van der Waals surface area contributed by atoms with Crippen LogP contribution in [0.1, 0.15) is 24.8 Å². The summed E-state index contributed by atoms with van der Waals surface area (Å²) in [4.78, 5) is 21.1. The van der Waals surface area contributed by atoms with Crippen LogP contribution in [0.5, 0.6) is 0 Å². The molecule has 25 heavy (non-hydrogen) atoms. The SMILES string of the molecule is CN1CCCN(c2ccc(CNC(=O)NC[C@H]3CCCO3)cn2)CC1. The fraction of sp³-hybridized carbons (Fsp3) is 0.667. The average molecular weight is 347 g/mol. The van der Waals surface area contributed by atoms with Crippen LogP contribution in [-0.2, 0) is 11.3 Å². The molecule has 2 aliphatic heterocycles. The minimum absolute atomic E-state index is 0.157. The maximum absolute atomic E-state index is 11.8. The molecule has 138 valence electrons. The molecule has 7 heteroatoms. The first-order valence-corrected chi connectivity index (χ1v) is 9.22. The van der Waals surface area contributed by atoms with Crippen molar-refractivity contribution in [1.29, 1.82) is 0 Å². The number of nitrogens with one attached hydrogen (secondary N) is 2. The van der Waals surface area contributed by atoms with Crippen LogP contribution in [0.3, 0.4) is 0 Å². The van der Waals surface area contributed by atoms with E-state index >= 15 is 0 Å². The minimum atomic E-state index is -0.157. The van der Waals surface area contributed by atoms with Crippen LogP contribution in [0.25, 0.3) is 0 Å². The zero-order valence-electron chi connectivity index (χ0n) is 15.0. The van der Waals surface area contributed by atoms with E-state index in [0.29, 0.717) is 13.1 Å². The molecule has 0 aromatic carbocycles. The molecule has 0 spiro atoms. The lowest BCUT2D eigenvalue weighted by molar-refractivity contribution is 0.111. The molecular weight excluding hydrogens is 318 g/mol. The summed E-state index contributed by atoms with van der Waals surface area (Å²) < 4.78 is 5.49. The van der Waals surface area contributed by atoms with E-state index in [1.54, 1.807) is 0 Å². The number of ether oxygens (including phenoxy) is 1. The fourth-order valence-electron chi connectivity index (χ4n) is 3.24. The highest BCUT2D eigenvalue weighted by molar-refractivity contribution is 5.73. The van der Waals surface area contributed by atoms with Gasteiger partial charge in [0.2, 0.25) is 0 Å². The van der Waals surface area contributed by atoms with Crippen LogP contribution in [0.4, 0.5) is 10.6 Å². The minimum Gasteiger partial charge on any atom is -0.376 e. The van der Waals surface area contributed by atoms with Crippen molar-refractivity contribution >= 4 is 11.8 Å². The summed E-state index contributed by atoms with van der Waals surface area (Å²) in [6.07, 6.45) is 5.29. The maximum atomic E-state index is 11.8. The molecule has 2 saturated heterocycles. The van der Waals surface area contributed by atoms with Gasteiger partial charge in [0.1, 0.15) is 5.82 Å². The van der Waals surface area contributed by atoms with E-state index in [-0.39, 0.29) is 12.1 Å². The van der Waals surface area contributed by atoms with Gasteiger partial charge in [0, 0.05) is 45.5 Å². The summed E-state index contributed by atoms with van der Waals surface area (Å²) in [5.74, 6) is 1.02. The average Bonchev–Trinajstić information content (AvgIpc) is 3.06. The zero-order valence-corrected chi connectivity index (χ0v) is 15.0. The van der Waals surface area contributed by atoms with Gasteiger partial charge in [-0.15, -0.1) is 0 Å². The molecule has 0 unspecified atom stereocenters. The third kappa shape index (κ3) is 5.57. The molecule has 0 saturated carbocycles. The van der Waals surface area contributed by atoms with Gasteiger partial charge in [-0.2, -0.15) is 0 Å². The van der Waals surface area contributed by atoms with E-state index in [9.17, 15) is 4.79 Å². The normalized spacial score (nSPS) is 21.8. The standard InChI is InChI=1S/C18H29N5O2/c1-22-7-3-8-23(10-9-22)17-6-5-15(12-19-17)13-20-18(24)21-14-16-4-2-11-25-16/h5-6,12,16H,2-4,7-11,13-14H2,1H3,(H2,20,21,24)/t16-/m1/s1. The van der Waals surface area contributed by atoms with Crippen molar-refractivity contribution in [2.24, 2.45) is 0 Å². The zero-order chi connectivity index (χ0) is 17.5. The predicted molar refractivity (Wildman–Crippen MR) is 97.8 cm³/mol. The second-order valence-electron chi connectivity index (χ2n) is 6.87. The topological polar surface area (TPSA) is 69.7 Å². The van der Waals surface area contributed by atoms with Crippen molar-refractivity contribution in [3.8, 4) is 0 Å². The molecule has 3 heterocycles. The Labute approximate surface area is 149 Å². The molecule has 3 rings (SSSR count). The number of anilines is 1. The van der Waals surface area contributed by atoms with Crippen molar-refractivity contribution in [1.82, 2.24) is 20.5 Å². The maximum Gasteiger partial charge on any atom is 0.315 e. The first-order chi connectivity index (χ1) is 12.2. The number of carbonyl (C=O) groups is 1. The van der Waals surface area contributed by atoms with Gasteiger partial charge in [0.05, 0.1) is 6.10 Å². The number of hydrogen-bond donors (Lipinski definition) is 2. The van der Waals surface area contributed by atoms with Gasteiger partial charge in [-0.3, -0.25) is 0 Å². The number of amides is 2. The lowest BCUT2D eigenvalue weighted by Crippen LogP contribution is -2.39. The molecule has 7 nitrogen and oxygen atoms in total. The second-order valence-corrected chi connectivity index (χ2v) is 6.87. The molecule has 0 aliphatic carbocycles. The van der Waals surface area contributed by atoms with E-state index < -0.39 is 0 Å². The lowest BCUT2D eigenvalue weighted by Gasteiger charge is -2.21. The number of hydrogen-bond acceptors (Lipinski definition) is 5. The van der Waals surface area contributed by atoms with E-state index in [1.165, 1.54) is 0 Å². The van der Waals surface area contributed by atoms with Gasteiger partial charge in [-0.25, -0.2) is 9.78 Å². The largest absolute Gasteiger partial charge is 0.376 e. The summed E-state index contributed by atoms with van der Waals surface area (Å²) in [5, 5.41) is 5.73. The first-order valence-electron chi connectivity index (χ1n) is 9.22. The molecule has 2 amide bonds. The van der Waals surface area contributed by atoms with E-state index in [2.05, 4.69) is 32.5 Å². The van der Waals surface area contributed by atoms with Gasteiger partial charge < -0.3 is 25.2 Å². The van der Waals surface area contributed by atoms with Crippen LogP contribution in [0, 0.1) is 0 Å². The summed E-state index contributed by atoms with van der Waals surface area (Å²) in [5.41, 5.74) is 1.00. The van der Waals surface area contributed by atoms with Crippen LogP contribution >= 0.6 is 0 Å². The summed E-state index contributed by atoms with van der Waals surface area (Å²) in [7, 11) is 2.16. The third-order valence-corrected chi connectivity index (χ3v) is 4.82. The summed E-state index contributed by atoms with van der Waals surface area (Å²) in [6, 6.07) is 3.93. The Morgan fingerprint density at radius 2 is 2.16 bits per heavy atom. The van der Waals surface area contributed by atoms with Crippen LogP contribution in [0.15, 0.2) is 18.3 Å². The summed E-state index contributed by atoms with van der Waals surface area (Å²) >= 11 is 0. The highest BCUT2D eigenvalue weighted by Crippen LogP contribution is 2.14. The van der Waals surface area contributed by atoms with Gasteiger partial charge in [-0.1, -0.05) is 6.07 Å². The van der Waals surface area contributed by atoms with Crippen LogP contribution in [-0.4, -0.2) is 68.4 Å². The first kappa shape index (κ1) is 17.9. The van der Waals surface area contributed by atoms with Gasteiger partial charge in [0.15, 0.2) is 0 Å². The quantitative estimate of drug-likeness (QED) is 0.838. The molecule has 1 atom stereocenters. The van der Waals surface area contributed by atoms with Crippen molar-refractivity contribution in [3.63, 3.8) is 0 Å². The molecule has 2 fully saturated rings. The number of pyridine rings is 1. The number of carbonyl (C=O) groups excluding carboxylic acids is 1. The molecule has 1 aromatic rings.